The van der Waals surface area contributed by atoms with Crippen molar-refractivity contribution in [3.63, 3.8) is 0 Å². The van der Waals surface area contributed by atoms with Gasteiger partial charge in [-0.1, -0.05) is 0 Å². The number of aromatic nitrogens is 2. The Morgan fingerprint density at radius 3 is 2.35 bits per heavy atom. The zero-order valence-electron chi connectivity index (χ0n) is 8.03. The van der Waals surface area contributed by atoms with Crippen LogP contribution in [0, 0.1) is 3.57 Å². The maximum atomic E-state index is 12.2. The minimum absolute atomic E-state index is 0.126. The van der Waals surface area contributed by atoms with Crippen LogP contribution in [-0.2, 0) is 6.18 Å². The second kappa shape index (κ2) is 4.77. The zero-order chi connectivity index (χ0) is 12.5. The highest BCUT2D eigenvalue weighted by Crippen LogP contribution is 2.31. The Hall–Kier alpha value is -0.900. The van der Waals surface area contributed by atoms with Crippen LogP contribution < -0.4 is 4.74 Å². The number of hydrogen-bond donors (Lipinski definition) is 0. The van der Waals surface area contributed by atoms with Crippen molar-refractivity contribution < 1.29 is 17.9 Å². The molecule has 17 heavy (non-hydrogen) atoms. The number of ether oxygens (including phenoxy) is 1. The summed E-state index contributed by atoms with van der Waals surface area (Å²) in [6.45, 7) is 0. The van der Waals surface area contributed by atoms with Gasteiger partial charge in [0, 0.05) is 15.1 Å². The van der Waals surface area contributed by atoms with Crippen LogP contribution in [0.5, 0.6) is 10.9 Å². The first-order valence-electron chi connectivity index (χ1n) is 4.29. The molecule has 1 aromatic carbocycles. The number of benzene rings is 1. The average Bonchev–Trinajstić information content (AvgIpc) is 2.69. The van der Waals surface area contributed by atoms with Crippen LogP contribution >= 0.6 is 34.1 Å². The maximum Gasteiger partial charge on any atom is 0.452 e. The molecule has 3 nitrogen and oxygen atoms in total. The largest absolute Gasteiger partial charge is 0.452 e. The molecule has 0 aliphatic heterocycles. The van der Waals surface area contributed by atoms with Crippen molar-refractivity contribution in [3.8, 4) is 10.9 Å². The summed E-state index contributed by atoms with van der Waals surface area (Å²) in [5, 5.41) is -0.126. The van der Waals surface area contributed by atoms with E-state index in [0.29, 0.717) is 17.3 Å². The quantitative estimate of drug-likeness (QED) is 0.749. The van der Waals surface area contributed by atoms with E-state index in [1.807, 2.05) is 0 Å². The van der Waals surface area contributed by atoms with Gasteiger partial charge in [-0.25, -0.2) is 0 Å². The van der Waals surface area contributed by atoms with Crippen LogP contribution in [0.3, 0.4) is 0 Å². The third-order valence-corrected chi connectivity index (χ3v) is 2.99. The predicted molar refractivity (Wildman–Crippen MR) is 64.1 cm³/mol. The highest BCUT2D eigenvalue weighted by Gasteiger charge is 2.36. The summed E-state index contributed by atoms with van der Waals surface area (Å²) in [5.41, 5.74) is 0. The van der Waals surface area contributed by atoms with Gasteiger partial charge in [-0.15, -0.1) is 0 Å². The van der Waals surface area contributed by atoms with Gasteiger partial charge in [0.15, 0.2) is 0 Å². The lowest BCUT2D eigenvalue weighted by atomic mass is 10.3. The van der Waals surface area contributed by atoms with E-state index in [0.717, 1.165) is 3.57 Å². The Kier molecular flexibility index (Phi) is 3.52. The van der Waals surface area contributed by atoms with Gasteiger partial charge in [-0.2, -0.15) is 22.5 Å². The molecule has 0 atom stereocenters. The molecule has 0 amide bonds. The van der Waals surface area contributed by atoms with E-state index in [1.54, 1.807) is 24.3 Å². The third-order valence-electron chi connectivity index (χ3n) is 1.68. The molecule has 0 unspecified atom stereocenters. The summed E-state index contributed by atoms with van der Waals surface area (Å²) >= 11 is 2.68. The summed E-state index contributed by atoms with van der Waals surface area (Å²) in [7, 11) is 0. The van der Waals surface area contributed by atoms with E-state index < -0.39 is 12.0 Å². The molecule has 90 valence electrons. The van der Waals surface area contributed by atoms with Crippen molar-refractivity contribution in [2.24, 2.45) is 0 Å². The number of nitrogens with zero attached hydrogens (tertiary/aromatic N) is 2. The van der Waals surface area contributed by atoms with Crippen LogP contribution in [0.25, 0.3) is 0 Å². The Balaban J connectivity index is 2.14. The van der Waals surface area contributed by atoms with Gasteiger partial charge in [0.2, 0.25) is 0 Å². The molecular formula is C9H4F3IN2OS. The summed E-state index contributed by atoms with van der Waals surface area (Å²) in [6, 6.07) is 6.86. The van der Waals surface area contributed by atoms with E-state index >= 15 is 0 Å². The molecule has 1 heterocycles. The Morgan fingerprint density at radius 2 is 1.82 bits per heavy atom. The fraction of sp³-hybridized carbons (Fsp3) is 0.111. The Bertz CT molecular complexity index is 512. The fourth-order valence-electron chi connectivity index (χ4n) is 0.970. The number of alkyl halides is 3. The van der Waals surface area contributed by atoms with Crippen molar-refractivity contribution >= 4 is 34.1 Å². The highest BCUT2D eigenvalue weighted by molar-refractivity contribution is 14.1. The van der Waals surface area contributed by atoms with Crippen molar-refractivity contribution in [2.45, 2.75) is 6.18 Å². The minimum Gasteiger partial charge on any atom is -0.430 e. The molecule has 0 N–H and O–H groups in total. The van der Waals surface area contributed by atoms with Crippen LogP contribution in [0.4, 0.5) is 13.2 Å². The lowest BCUT2D eigenvalue weighted by Crippen LogP contribution is -2.06. The molecule has 0 fully saturated rings. The molecule has 2 rings (SSSR count). The highest BCUT2D eigenvalue weighted by atomic mass is 127. The van der Waals surface area contributed by atoms with E-state index in [2.05, 4.69) is 31.9 Å². The van der Waals surface area contributed by atoms with Crippen LogP contribution in [0.1, 0.15) is 5.82 Å². The van der Waals surface area contributed by atoms with E-state index in [-0.39, 0.29) is 5.19 Å². The van der Waals surface area contributed by atoms with E-state index in [1.165, 1.54) is 0 Å². The second-order valence-corrected chi connectivity index (χ2v) is 4.90. The van der Waals surface area contributed by atoms with Gasteiger partial charge in [0.05, 0.1) is 0 Å². The molecule has 0 saturated carbocycles. The van der Waals surface area contributed by atoms with Gasteiger partial charge in [-0.05, 0) is 46.9 Å². The SMILES string of the molecule is FC(F)(F)c1nsc(Oc2ccc(I)cc2)n1. The minimum atomic E-state index is -4.54. The monoisotopic (exact) mass is 372 g/mol. The summed E-state index contributed by atoms with van der Waals surface area (Å²) < 4.78 is 46.0. The molecule has 1 aromatic heterocycles. The number of halogens is 4. The summed E-state index contributed by atoms with van der Waals surface area (Å²) in [6.07, 6.45) is -4.54. The number of rotatable bonds is 2. The second-order valence-electron chi connectivity index (χ2n) is 2.94. The molecule has 0 aliphatic carbocycles. The van der Waals surface area contributed by atoms with Gasteiger partial charge < -0.3 is 4.74 Å². The lowest BCUT2D eigenvalue weighted by Gasteiger charge is -2.00. The number of hydrogen-bond acceptors (Lipinski definition) is 4. The molecule has 2 aromatic rings. The molecule has 0 radical (unpaired) electrons. The van der Waals surface area contributed by atoms with Crippen molar-refractivity contribution in [1.29, 1.82) is 0 Å². The van der Waals surface area contributed by atoms with Crippen molar-refractivity contribution in [1.82, 2.24) is 9.36 Å². The van der Waals surface area contributed by atoms with Gasteiger partial charge in [0.25, 0.3) is 11.0 Å². The van der Waals surface area contributed by atoms with Crippen LogP contribution in [-0.4, -0.2) is 9.36 Å². The average molecular weight is 372 g/mol. The van der Waals surface area contributed by atoms with Crippen LogP contribution in [0.2, 0.25) is 0 Å². The topological polar surface area (TPSA) is 35.0 Å². The first-order valence-corrected chi connectivity index (χ1v) is 6.15. The molecule has 8 heteroatoms. The standard InChI is InChI=1S/C9H4F3IN2OS/c10-9(11,12)7-14-8(17-15-7)16-6-3-1-5(13)2-4-6/h1-4H. The normalized spacial score (nSPS) is 11.5. The Labute approximate surface area is 112 Å². The maximum absolute atomic E-state index is 12.2. The molecular weight excluding hydrogens is 368 g/mol. The van der Waals surface area contributed by atoms with E-state index in [9.17, 15) is 13.2 Å². The van der Waals surface area contributed by atoms with Crippen molar-refractivity contribution in [3.05, 3.63) is 33.7 Å². The zero-order valence-corrected chi connectivity index (χ0v) is 11.0. The first-order chi connectivity index (χ1) is 7.95. The van der Waals surface area contributed by atoms with E-state index in [4.69, 9.17) is 4.74 Å². The first kappa shape index (κ1) is 12.6. The lowest BCUT2D eigenvalue weighted by molar-refractivity contribution is -0.144. The van der Waals surface area contributed by atoms with Gasteiger partial charge >= 0.3 is 6.18 Å². The molecule has 0 saturated heterocycles. The van der Waals surface area contributed by atoms with Crippen LogP contribution in [0.15, 0.2) is 24.3 Å². The molecule has 0 spiro atoms. The predicted octanol–water partition coefficient (Wildman–Crippen LogP) is 3.95. The fourth-order valence-corrected chi connectivity index (χ4v) is 1.90. The van der Waals surface area contributed by atoms with Gasteiger partial charge in [-0.3, -0.25) is 0 Å². The molecule has 0 aliphatic rings. The summed E-state index contributed by atoms with van der Waals surface area (Å²) in [4.78, 5) is 3.26. The van der Waals surface area contributed by atoms with Crippen molar-refractivity contribution in [2.75, 3.05) is 0 Å². The summed E-state index contributed by atoms with van der Waals surface area (Å²) in [5.74, 6) is -0.752. The third kappa shape index (κ3) is 3.28. The van der Waals surface area contributed by atoms with Gasteiger partial charge in [0.1, 0.15) is 5.75 Å². The molecule has 0 bridgehead atoms. The smallest absolute Gasteiger partial charge is 0.430 e. The Morgan fingerprint density at radius 1 is 1.18 bits per heavy atom.